The second-order valence-electron chi connectivity index (χ2n) is 9.67. The maximum atomic E-state index is 12.1. The monoisotopic (exact) mass is 508 g/mol. The molecule has 2 aromatic rings. The van der Waals surface area contributed by atoms with Crippen LogP contribution in [0.15, 0.2) is 53.7 Å². The highest BCUT2D eigenvalue weighted by molar-refractivity contribution is 6.12. The fourth-order valence-corrected chi connectivity index (χ4v) is 4.56. The third-order valence-electron chi connectivity index (χ3n) is 6.66. The zero-order valence-corrected chi connectivity index (χ0v) is 21.6. The molecular weight excluding hydrogens is 468 g/mol. The van der Waals surface area contributed by atoms with Gasteiger partial charge in [-0.25, -0.2) is 0 Å². The maximum absolute atomic E-state index is 12.1. The largest absolute Gasteiger partial charge is 0.480 e. The van der Waals surface area contributed by atoms with Crippen molar-refractivity contribution in [2.75, 3.05) is 25.4 Å². The summed E-state index contributed by atoms with van der Waals surface area (Å²) < 4.78 is 0. The van der Waals surface area contributed by atoms with Gasteiger partial charge in [-0.2, -0.15) is 0 Å². The molecule has 1 aliphatic carbocycles. The van der Waals surface area contributed by atoms with E-state index in [4.69, 9.17) is 15.7 Å². The quantitative estimate of drug-likeness (QED) is 0.122. The Labute approximate surface area is 219 Å². The molecule has 8 heteroatoms. The highest BCUT2D eigenvalue weighted by Gasteiger charge is 2.14. The van der Waals surface area contributed by atoms with Crippen LogP contribution in [0.4, 0.5) is 5.69 Å². The molecule has 0 unspecified atom stereocenters. The standard InChI is InChI=1S/C29H40N4O4/c30-26-16-15-24(18-25(26)20-31-21-28(35)36)29(23-12-6-2-7-13-23)33-37-17-9-3-8-14-27(34)32-19-22-10-4-1-5-11-22/h2,6-7,12-13,15-16,18,22,31H,1,3-5,8-11,14,17,19-21,30H2,(H,32,34)(H,35,36)/b33-29+. The van der Waals surface area contributed by atoms with E-state index in [1.165, 1.54) is 32.1 Å². The van der Waals surface area contributed by atoms with Gasteiger partial charge in [-0.3, -0.25) is 9.59 Å². The number of amides is 1. The molecule has 0 atom stereocenters. The number of nitrogen functional groups attached to an aromatic ring is 1. The van der Waals surface area contributed by atoms with E-state index in [0.717, 1.165) is 42.5 Å². The average molecular weight is 509 g/mol. The van der Waals surface area contributed by atoms with Gasteiger partial charge in [0.15, 0.2) is 0 Å². The fraction of sp³-hybridized carbons (Fsp3) is 0.483. The first-order chi connectivity index (χ1) is 18.0. The van der Waals surface area contributed by atoms with Crippen LogP contribution < -0.4 is 16.4 Å². The molecule has 0 aliphatic heterocycles. The number of carbonyl (C=O) groups is 2. The summed E-state index contributed by atoms with van der Waals surface area (Å²) in [5.74, 6) is -0.122. The first-order valence-corrected chi connectivity index (χ1v) is 13.4. The van der Waals surface area contributed by atoms with Crippen LogP contribution in [-0.4, -0.2) is 42.4 Å². The number of unbranched alkanes of at least 4 members (excludes halogenated alkanes) is 2. The lowest BCUT2D eigenvalue weighted by molar-refractivity contribution is -0.136. The molecule has 0 heterocycles. The zero-order chi connectivity index (χ0) is 26.3. The van der Waals surface area contributed by atoms with Gasteiger partial charge in [0.1, 0.15) is 12.3 Å². The Morgan fingerprint density at radius 2 is 1.78 bits per heavy atom. The predicted molar refractivity (Wildman–Crippen MR) is 146 cm³/mol. The Bertz CT molecular complexity index is 1020. The SMILES string of the molecule is Nc1ccc(/C(=N/OCCCCCC(=O)NCC2CCCCC2)c2ccccc2)cc1CNCC(=O)O. The van der Waals surface area contributed by atoms with Crippen molar-refractivity contribution in [3.05, 3.63) is 65.2 Å². The topological polar surface area (TPSA) is 126 Å². The van der Waals surface area contributed by atoms with Gasteiger partial charge in [-0.15, -0.1) is 0 Å². The van der Waals surface area contributed by atoms with E-state index in [1.807, 2.05) is 42.5 Å². The molecule has 0 bridgehead atoms. The minimum atomic E-state index is -0.922. The van der Waals surface area contributed by atoms with Crippen LogP contribution in [-0.2, 0) is 21.0 Å². The van der Waals surface area contributed by atoms with Gasteiger partial charge < -0.3 is 26.3 Å². The van der Waals surface area contributed by atoms with Crippen molar-refractivity contribution in [1.82, 2.24) is 10.6 Å². The molecule has 1 saturated carbocycles. The molecule has 5 N–H and O–H groups in total. The number of aliphatic carboxylic acids is 1. The van der Waals surface area contributed by atoms with Crippen LogP contribution in [0.3, 0.4) is 0 Å². The highest BCUT2D eigenvalue weighted by Crippen LogP contribution is 2.23. The van der Waals surface area contributed by atoms with E-state index >= 15 is 0 Å². The predicted octanol–water partition coefficient (Wildman–Crippen LogP) is 4.47. The van der Waals surface area contributed by atoms with Crippen molar-refractivity contribution < 1.29 is 19.5 Å². The fourth-order valence-electron chi connectivity index (χ4n) is 4.56. The van der Waals surface area contributed by atoms with E-state index in [0.29, 0.717) is 36.9 Å². The maximum Gasteiger partial charge on any atom is 0.317 e. The number of anilines is 1. The lowest BCUT2D eigenvalue weighted by atomic mass is 9.89. The van der Waals surface area contributed by atoms with E-state index in [-0.39, 0.29) is 12.5 Å². The molecular formula is C29H40N4O4. The Morgan fingerprint density at radius 3 is 2.54 bits per heavy atom. The van der Waals surface area contributed by atoms with Crippen molar-refractivity contribution in [3.8, 4) is 0 Å². The van der Waals surface area contributed by atoms with Crippen molar-refractivity contribution >= 4 is 23.3 Å². The zero-order valence-electron chi connectivity index (χ0n) is 21.6. The summed E-state index contributed by atoms with van der Waals surface area (Å²) in [6.45, 7) is 1.47. The lowest BCUT2D eigenvalue weighted by Gasteiger charge is -2.21. The number of oxime groups is 1. The Balaban J connectivity index is 1.48. The molecule has 37 heavy (non-hydrogen) atoms. The van der Waals surface area contributed by atoms with Crippen molar-refractivity contribution in [2.24, 2.45) is 11.1 Å². The van der Waals surface area contributed by atoms with Crippen LogP contribution in [0.1, 0.15) is 74.5 Å². The summed E-state index contributed by atoms with van der Waals surface area (Å²) >= 11 is 0. The molecule has 2 aromatic carbocycles. The number of nitrogens with two attached hydrogens (primary N) is 1. The molecule has 1 fully saturated rings. The average Bonchev–Trinajstić information content (AvgIpc) is 2.91. The Kier molecular flexibility index (Phi) is 11.9. The summed E-state index contributed by atoms with van der Waals surface area (Å²) in [7, 11) is 0. The molecule has 0 spiro atoms. The van der Waals surface area contributed by atoms with E-state index in [1.54, 1.807) is 6.07 Å². The molecule has 8 nitrogen and oxygen atoms in total. The van der Waals surface area contributed by atoms with Gasteiger partial charge in [0.05, 0.1) is 6.54 Å². The summed E-state index contributed by atoms with van der Waals surface area (Å²) in [5, 5.41) is 19.3. The number of nitrogens with one attached hydrogen (secondary N) is 2. The van der Waals surface area contributed by atoms with E-state index in [2.05, 4.69) is 15.8 Å². The first kappa shape index (κ1) is 28.2. The molecule has 0 radical (unpaired) electrons. The molecule has 0 aromatic heterocycles. The van der Waals surface area contributed by atoms with Crippen molar-refractivity contribution in [3.63, 3.8) is 0 Å². The van der Waals surface area contributed by atoms with Crippen molar-refractivity contribution in [1.29, 1.82) is 0 Å². The van der Waals surface area contributed by atoms with Gasteiger partial charge in [0.2, 0.25) is 5.91 Å². The number of benzene rings is 2. The summed E-state index contributed by atoms with van der Waals surface area (Å²) in [4.78, 5) is 28.6. The van der Waals surface area contributed by atoms with Crippen LogP contribution in [0.25, 0.3) is 0 Å². The molecule has 1 aliphatic rings. The molecule has 3 rings (SSSR count). The van der Waals surface area contributed by atoms with Gasteiger partial charge in [-0.1, -0.05) is 60.8 Å². The minimum absolute atomic E-state index is 0.144. The minimum Gasteiger partial charge on any atom is -0.480 e. The first-order valence-electron chi connectivity index (χ1n) is 13.4. The smallest absolute Gasteiger partial charge is 0.317 e. The normalized spacial score (nSPS) is 14.3. The number of hydrogen-bond acceptors (Lipinski definition) is 6. The lowest BCUT2D eigenvalue weighted by Crippen LogP contribution is -2.30. The van der Waals surface area contributed by atoms with E-state index in [9.17, 15) is 9.59 Å². The Morgan fingerprint density at radius 1 is 1.00 bits per heavy atom. The van der Waals surface area contributed by atoms with Crippen LogP contribution in [0.5, 0.6) is 0 Å². The van der Waals surface area contributed by atoms with Crippen LogP contribution in [0.2, 0.25) is 0 Å². The summed E-state index contributed by atoms with van der Waals surface area (Å²) in [5.41, 5.74) is 9.91. The van der Waals surface area contributed by atoms with Gasteiger partial charge >= 0.3 is 5.97 Å². The highest BCUT2D eigenvalue weighted by atomic mass is 16.6. The summed E-state index contributed by atoms with van der Waals surface area (Å²) in [6, 6.07) is 15.3. The second-order valence-corrected chi connectivity index (χ2v) is 9.67. The second kappa shape index (κ2) is 15.7. The van der Waals surface area contributed by atoms with Crippen molar-refractivity contribution in [2.45, 2.75) is 64.3 Å². The Hall–Kier alpha value is -3.39. The molecule has 0 saturated heterocycles. The van der Waals surface area contributed by atoms with Gasteiger partial charge in [0.25, 0.3) is 0 Å². The van der Waals surface area contributed by atoms with Gasteiger partial charge in [0, 0.05) is 36.3 Å². The third-order valence-corrected chi connectivity index (χ3v) is 6.66. The number of carboxylic acid groups (broad SMARTS) is 1. The van der Waals surface area contributed by atoms with E-state index < -0.39 is 5.97 Å². The molecule has 1 amide bonds. The number of carboxylic acids is 1. The number of rotatable bonds is 15. The summed E-state index contributed by atoms with van der Waals surface area (Å²) in [6.07, 6.45) is 9.48. The van der Waals surface area contributed by atoms with Crippen LogP contribution >= 0.6 is 0 Å². The number of nitrogens with zero attached hydrogens (tertiary/aromatic N) is 1. The molecule has 200 valence electrons. The third kappa shape index (κ3) is 10.2. The van der Waals surface area contributed by atoms with Gasteiger partial charge in [-0.05, 0) is 55.7 Å². The van der Waals surface area contributed by atoms with Crippen LogP contribution in [0, 0.1) is 5.92 Å². The number of carbonyl (C=O) groups excluding carboxylic acids is 1. The number of hydrogen-bond donors (Lipinski definition) is 4.